The summed E-state index contributed by atoms with van der Waals surface area (Å²) in [4.78, 5) is 14.4. The van der Waals surface area contributed by atoms with Gasteiger partial charge in [-0.05, 0) is 146 Å². The summed E-state index contributed by atoms with van der Waals surface area (Å²) < 4.78 is 13.0. The first-order valence-corrected chi connectivity index (χ1v) is 23.1. The molecule has 0 aliphatic heterocycles. The average molecular weight is 857 g/mol. The van der Waals surface area contributed by atoms with Crippen molar-refractivity contribution in [3.8, 4) is 11.1 Å². The van der Waals surface area contributed by atoms with E-state index in [1.807, 2.05) is 48.5 Å². The molecule has 6 nitrogen and oxygen atoms in total. The Hall–Kier alpha value is -7.70. The lowest BCUT2D eigenvalue weighted by atomic mass is 9.74. The Balaban J connectivity index is 0.857. The molecular weight excluding hydrogens is 809 g/mol. The fourth-order valence-corrected chi connectivity index (χ4v) is 11.7. The Morgan fingerprint density at radius 1 is 0.424 bits per heavy atom. The van der Waals surface area contributed by atoms with E-state index in [0.717, 1.165) is 66.8 Å². The molecule has 2 heterocycles. The molecule has 4 aliphatic rings. The van der Waals surface area contributed by atoms with Gasteiger partial charge in [-0.1, -0.05) is 143 Å². The highest BCUT2D eigenvalue weighted by atomic mass is 16.4. The Labute approximate surface area is 384 Å². The van der Waals surface area contributed by atoms with E-state index in [1.165, 1.54) is 22.3 Å². The van der Waals surface area contributed by atoms with Gasteiger partial charge in [-0.2, -0.15) is 9.97 Å². The van der Waals surface area contributed by atoms with E-state index < -0.39 is 0 Å². The molecule has 0 bridgehead atoms. The third-order valence-electron chi connectivity index (χ3n) is 15.1. The number of oxazole rings is 2. The van der Waals surface area contributed by atoms with Gasteiger partial charge in [-0.25, -0.2) is 0 Å². The standard InChI is InChI=1S/C60H48N4O2/c1-59(2)49-15-7-5-13-45(49)47-35-43(29-31-51(47)59)63(57-61-53-17-9-11-19-55(53)65-57)41-26-23-37(24-27-41)38-21-22-40-34-42(28-25-39(40)33-38)64(58-62-54-18-10-12-20-56(54)66-58)44-30-32-52-48(36-44)46-14-6-8-16-50(46)60(52,3)4/h5-36,45-46,49-50H,1-4H3. The van der Waals surface area contributed by atoms with Crippen molar-refractivity contribution in [1.29, 1.82) is 0 Å². The van der Waals surface area contributed by atoms with Gasteiger partial charge in [0.25, 0.3) is 0 Å². The van der Waals surface area contributed by atoms with Gasteiger partial charge in [0.2, 0.25) is 0 Å². The Kier molecular flexibility index (Phi) is 8.45. The van der Waals surface area contributed by atoms with E-state index in [9.17, 15) is 0 Å². The normalized spacial score (nSPS) is 20.4. The Bertz CT molecular complexity index is 3480. The number of rotatable bonds is 7. The molecule has 4 atom stereocenters. The van der Waals surface area contributed by atoms with Gasteiger partial charge < -0.3 is 8.83 Å². The van der Waals surface area contributed by atoms with Crippen molar-refractivity contribution in [1.82, 2.24) is 9.97 Å². The van der Waals surface area contributed by atoms with Gasteiger partial charge >= 0.3 is 12.0 Å². The number of hydrogen-bond acceptors (Lipinski definition) is 6. The highest BCUT2D eigenvalue weighted by molar-refractivity contribution is 5.92. The maximum absolute atomic E-state index is 6.51. The van der Waals surface area contributed by atoms with Crippen LogP contribution in [-0.4, -0.2) is 9.97 Å². The van der Waals surface area contributed by atoms with Crippen molar-refractivity contribution in [2.24, 2.45) is 11.8 Å². The molecule has 6 heteroatoms. The SMILES string of the molecule is CC1(C)c2ccc(N(c3ccc(-c4ccc5cc(N(c6ccc7c(c6)C6C=CC=CC6C7(C)C)c6nc7ccccc7o6)ccc5c4)cc3)c3nc4ccccc4o3)cc2C2C=CC=CC21. The van der Waals surface area contributed by atoms with Gasteiger partial charge in [-0.3, -0.25) is 9.80 Å². The molecule has 0 saturated heterocycles. The fourth-order valence-electron chi connectivity index (χ4n) is 11.7. The average Bonchev–Trinajstić information content (AvgIpc) is 4.08. The molecule has 2 aromatic heterocycles. The van der Waals surface area contributed by atoms with Crippen LogP contribution in [0.3, 0.4) is 0 Å². The molecule has 0 radical (unpaired) electrons. The summed E-state index contributed by atoms with van der Waals surface area (Å²) in [6, 6.07) is 53.0. The predicted molar refractivity (Wildman–Crippen MR) is 269 cm³/mol. The summed E-state index contributed by atoms with van der Waals surface area (Å²) in [5, 5.41) is 2.28. The lowest BCUT2D eigenvalue weighted by molar-refractivity contribution is 0.394. The number of hydrogen-bond donors (Lipinski definition) is 0. The molecule has 320 valence electrons. The van der Waals surface area contributed by atoms with E-state index in [0.29, 0.717) is 35.7 Å². The number of anilines is 6. The molecule has 66 heavy (non-hydrogen) atoms. The molecule has 4 unspecified atom stereocenters. The molecule has 4 aliphatic carbocycles. The van der Waals surface area contributed by atoms with Crippen molar-refractivity contribution in [3.63, 3.8) is 0 Å². The first-order chi connectivity index (χ1) is 32.2. The molecule has 0 N–H and O–H groups in total. The van der Waals surface area contributed by atoms with E-state index in [2.05, 4.69) is 183 Å². The van der Waals surface area contributed by atoms with Crippen LogP contribution in [0.25, 0.3) is 44.1 Å². The Morgan fingerprint density at radius 3 is 1.42 bits per heavy atom. The van der Waals surface area contributed by atoms with Crippen molar-refractivity contribution in [2.75, 3.05) is 9.80 Å². The van der Waals surface area contributed by atoms with Crippen molar-refractivity contribution >= 4 is 67.8 Å². The smallest absolute Gasteiger partial charge is 0.307 e. The van der Waals surface area contributed by atoms with Gasteiger partial charge in [0.05, 0.1) is 22.7 Å². The third-order valence-corrected chi connectivity index (χ3v) is 15.1. The zero-order chi connectivity index (χ0) is 44.3. The highest BCUT2D eigenvalue weighted by Crippen LogP contribution is 2.56. The summed E-state index contributed by atoms with van der Waals surface area (Å²) in [6.45, 7) is 9.48. The molecule has 0 saturated carbocycles. The van der Waals surface area contributed by atoms with Gasteiger partial charge in [0.15, 0.2) is 11.2 Å². The molecule has 9 aromatic rings. The third kappa shape index (κ3) is 5.94. The van der Waals surface area contributed by atoms with Gasteiger partial charge in [0, 0.05) is 11.8 Å². The minimum atomic E-state index is 0.0306. The molecule has 0 fully saturated rings. The van der Waals surface area contributed by atoms with Crippen LogP contribution in [0, 0.1) is 11.8 Å². The molecule has 13 rings (SSSR count). The molecular formula is C60H48N4O2. The van der Waals surface area contributed by atoms with Gasteiger partial charge in [-0.15, -0.1) is 0 Å². The van der Waals surface area contributed by atoms with Gasteiger partial charge in [0.1, 0.15) is 11.0 Å². The van der Waals surface area contributed by atoms with Crippen LogP contribution in [-0.2, 0) is 10.8 Å². The molecule has 0 amide bonds. The number of allylic oxidation sites excluding steroid dienone is 8. The van der Waals surface area contributed by atoms with Crippen LogP contribution in [0.15, 0.2) is 203 Å². The van der Waals surface area contributed by atoms with E-state index in [1.54, 1.807) is 0 Å². The quantitative estimate of drug-likeness (QED) is 0.159. The molecule has 0 spiro atoms. The van der Waals surface area contributed by atoms with Crippen LogP contribution in [0.5, 0.6) is 0 Å². The zero-order valence-electron chi connectivity index (χ0n) is 37.4. The largest absolute Gasteiger partial charge is 0.423 e. The summed E-state index contributed by atoms with van der Waals surface area (Å²) >= 11 is 0. The number of fused-ring (bicyclic) bond motifs is 9. The first kappa shape index (κ1) is 38.7. The zero-order valence-corrected chi connectivity index (χ0v) is 37.4. The van der Waals surface area contributed by atoms with Crippen LogP contribution in [0.2, 0.25) is 0 Å². The number of aromatic nitrogens is 2. The number of para-hydroxylation sites is 4. The fraction of sp³-hybridized carbons (Fsp3) is 0.167. The monoisotopic (exact) mass is 856 g/mol. The number of benzene rings is 7. The predicted octanol–water partition coefficient (Wildman–Crippen LogP) is 16.0. The van der Waals surface area contributed by atoms with Crippen molar-refractivity contribution < 1.29 is 8.83 Å². The van der Waals surface area contributed by atoms with Crippen LogP contribution >= 0.6 is 0 Å². The summed E-state index contributed by atoms with van der Waals surface area (Å²) in [5.74, 6) is 1.49. The van der Waals surface area contributed by atoms with Crippen LogP contribution in [0.4, 0.5) is 34.8 Å². The highest BCUT2D eigenvalue weighted by Gasteiger charge is 2.46. The second-order valence-corrected chi connectivity index (χ2v) is 19.5. The second-order valence-electron chi connectivity index (χ2n) is 19.5. The lowest BCUT2D eigenvalue weighted by Gasteiger charge is -2.29. The summed E-state index contributed by atoms with van der Waals surface area (Å²) in [6.07, 6.45) is 18.2. The maximum Gasteiger partial charge on any atom is 0.307 e. The second kappa shape index (κ2) is 14.4. The van der Waals surface area contributed by atoms with E-state index in [4.69, 9.17) is 18.8 Å². The van der Waals surface area contributed by atoms with Crippen molar-refractivity contribution in [2.45, 2.75) is 50.4 Å². The molecule has 7 aromatic carbocycles. The summed E-state index contributed by atoms with van der Waals surface area (Å²) in [7, 11) is 0. The van der Waals surface area contributed by atoms with Crippen molar-refractivity contribution in [3.05, 3.63) is 216 Å². The summed E-state index contributed by atoms with van der Waals surface area (Å²) in [5.41, 5.74) is 15.0. The minimum absolute atomic E-state index is 0.0306. The van der Waals surface area contributed by atoms with Crippen LogP contribution < -0.4 is 9.80 Å². The lowest BCUT2D eigenvalue weighted by Crippen LogP contribution is -2.24. The number of nitrogens with zero attached hydrogens (tertiary/aromatic N) is 4. The minimum Gasteiger partial charge on any atom is -0.423 e. The van der Waals surface area contributed by atoms with E-state index >= 15 is 0 Å². The topological polar surface area (TPSA) is 58.5 Å². The maximum atomic E-state index is 6.51. The Morgan fingerprint density at radius 2 is 0.864 bits per heavy atom. The first-order valence-electron chi connectivity index (χ1n) is 23.1. The van der Waals surface area contributed by atoms with Crippen LogP contribution in [0.1, 0.15) is 61.8 Å². The van der Waals surface area contributed by atoms with E-state index in [-0.39, 0.29) is 10.8 Å².